The van der Waals surface area contributed by atoms with E-state index in [0.717, 1.165) is 47.4 Å². The van der Waals surface area contributed by atoms with Crippen molar-refractivity contribution in [3.63, 3.8) is 0 Å². The monoisotopic (exact) mass is 468 g/mol. The molecule has 5 rings (SSSR count). The fraction of sp³-hybridized carbons (Fsp3) is 0.231. The zero-order valence-electron chi connectivity index (χ0n) is 18.6. The molecule has 0 amide bonds. The number of fused-ring (bicyclic) bond motifs is 1. The molecule has 8 heteroatoms. The summed E-state index contributed by atoms with van der Waals surface area (Å²) in [7, 11) is 0. The van der Waals surface area contributed by atoms with E-state index in [1.165, 1.54) is 35.7 Å². The number of hydrogen-bond acceptors (Lipinski definition) is 5. The molecule has 1 aliphatic rings. The van der Waals surface area contributed by atoms with Crippen molar-refractivity contribution in [3.05, 3.63) is 77.6 Å². The van der Waals surface area contributed by atoms with Crippen LogP contribution in [0.2, 0.25) is 0 Å². The Hall–Kier alpha value is -3.88. The fourth-order valence-corrected chi connectivity index (χ4v) is 5.59. The van der Waals surface area contributed by atoms with Gasteiger partial charge in [0.15, 0.2) is 0 Å². The molecule has 1 saturated carbocycles. The lowest BCUT2D eigenvalue weighted by Crippen LogP contribution is -2.16. The smallest absolute Gasteiger partial charge is 0.124 e. The molecule has 1 fully saturated rings. The maximum absolute atomic E-state index is 13.7. The van der Waals surface area contributed by atoms with Gasteiger partial charge in [-0.3, -0.25) is 4.68 Å². The molecule has 0 spiro atoms. The van der Waals surface area contributed by atoms with E-state index in [2.05, 4.69) is 35.4 Å². The molecule has 168 valence electrons. The van der Waals surface area contributed by atoms with Gasteiger partial charge in [-0.25, -0.2) is 8.91 Å². The van der Waals surface area contributed by atoms with Gasteiger partial charge in [-0.1, -0.05) is 23.9 Å². The summed E-state index contributed by atoms with van der Waals surface area (Å²) in [4.78, 5) is 1.37. The van der Waals surface area contributed by atoms with Gasteiger partial charge in [0.2, 0.25) is 0 Å². The highest BCUT2D eigenvalue weighted by atomic mass is 32.2. The van der Waals surface area contributed by atoms with Gasteiger partial charge in [-0.15, -0.1) is 0 Å². The van der Waals surface area contributed by atoms with Gasteiger partial charge in [-0.2, -0.15) is 20.7 Å². The Morgan fingerprint density at radius 2 is 1.82 bits per heavy atom. The minimum atomic E-state index is -0.462. The van der Waals surface area contributed by atoms with Crippen LogP contribution < -0.4 is 0 Å². The van der Waals surface area contributed by atoms with Crippen LogP contribution in [0.15, 0.2) is 64.8 Å². The third kappa shape index (κ3) is 3.87. The number of halogens is 1. The Labute approximate surface area is 200 Å². The van der Waals surface area contributed by atoms with Crippen LogP contribution in [0.5, 0.6) is 0 Å². The maximum atomic E-state index is 13.7. The van der Waals surface area contributed by atoms with Gasteiger partial charge in [0.25, 0.3) is 0 Å². The lowest BCUT2D eigenvalue weighted by molar-refractivity contribution is 0.363. The van der Waals surface area contributed by atoms with Crippen molar-refractivity contribution in [2.24, 2.45) is 0 Å². The van der Waals surface area contributed by atoms with Gasteiger partial charge >= 0.3 is 0 Å². The minimum absolute atomic E-state index is 0.245. The summed E-state index contributed by atoms with van der Waals surface area (Å²) in [5, 5.41) is 28.2. The van der Waals surface area contributed by atoms with E-state index in [-0.39, 0.29) is 5.56 Å². The number of benzene rings is 1. The summed E-state index contributed by atoms with van der Waals surface area (Å²) in [5.41, 5.74) is 5.60. The number of nitriles is 2. The SMILES string of the molecule is C=C1CCC(n2ncc(-c3cc(Sc4ccc(F)cc4C#N)c4c(C#N)cnn4c3)c2C)CC1. The highest BCUT2D eigenvalue weighted by Crippen LogP contribution is 2.39. The van der Waals surface area contributed by atoms with Crippen molar-refractivity contribution in [2.45, 2.75) is 48.4 Å². The van der Waals surface area contributed by atoms with E-state index in [1.54, 1.807) is 10.6 Å². The summed E-state index contributed by atoms with van der Waals surface area (Å²) in [6.45, 7) is 6.18. The summed E-state index contributed by atoms with van der Waals surface area (Å²) in [5.74, 6) is -0.462. The average molecular weight is 469 g/mol. The van der Waals surface area contributed by atoms with Crippen molar-refractivity contribution in [1.82, 2.24) is 19.4 Å². The minimum Gasteiger partial charge on any atom is -0.266 e. The topological polar surface area (TPSA) is 82.7 Å². The number of rotatable bonds is 4. The summed E-state index contributed by atoms with van der Waals surface area (Å²) < 4.78 is 17.5. The van der Waals surface area contributed by atoms with Crippen LogP contribution in [0.1, 0.15) is 48.5 Å². The van der Waals surface area contributed by atoms with Crippen molar-refractivity contribution in [1.29, 1.82) is 10.5 Å². The first-order valence-corrected chi connectivity index (χ1v) is 11.8. The molecule has 3 aromatic heterocycles. The van der Waals surface area contributed by atoms with Gasteiger partial charge < -0.3 is 0 Å². The number of allylic oxidation sites excluding steroid dienone is 1. The summed E-state index contributed by atoms with van der Waals surface area (Å²) in [6.07, 6.45) is 9.42. The van der Waals surface area contributed by atoms with Crippen LogP contribution in [0.4, 0.5) is 4.39 Å². The molecule has 4 aromatic rings. The Kier molecular flexibility index (Phi) is 5.69. The molecule has 3 heterocycles. The molecule has 0 saturated heterocycles. The molecule has 1 aliphatic carbocycles. The maximum Gasteiger partial charge on any atom is 0.124 e. The standard InChI is InChI=1S/C26H21FN6S/c1-16-3-6-22(7-4-16)33-17(2)23(14-31-33)19-10-25(26-20(12-29)13-30-32(26)15-19)34-24-8-5-21(27)9-18(24)11-28/h5,8-10,13-15,22H,1,3-4,6-7H2,2H3. The van der Waals surface area contributed by atoms with Gasteiger partial charge in [0.1, 0.15) is 18.0 Å². The number of aromatic nitrogens is 4. The van der Waals surface area contributed by atoms with Gasteiger partial charge in [0, 0.05) is 32.8 Å². The van der Waals surface area contributed by atoms with Crippen molar-refractivity contribution in [2.75, 3.05) is 0 Å². The molecule has 0 atom stereocenters. The van der Waals surface area contributed by atoms with E-state index >= 15 is 0 Å². The quantitative estimate of drug-likeness (QED) is 0.333. The molecule has 0 N–H and O–H groups in total. The first kappa shape index (κ1) is 21.9. The van der Waals surface area contributed by atoms with Gasteiger partial charge in [-0.05, 0) is 56.9 Å². The average Bonchev–Trinajstić information content (AvgIpc) is 3.44. The zero-order valence-corrected chi connectivity index (χ0v) is 19.4. The molecule has 6 nitrogen and oxygen atoms in total. The molecule has 1 aromatic carbocycles. The second-order valence-corrected chi connectivity index (χ2v) is 9.56. The van der Waals surface area contributed by atoms with Crippen LogP contribution in [0.25, 0.3) is 16.6 Å². The van der Waals surface area contributed by atoms with E-state index in [0.29, 0.717) is 22.0 Å². The van der Waals surface area contributed by atoms with E-state index in [1.807, 2.05) is 18.5 Å². The fourth-order valence-electron chi connectivity index (χ4n) is 4.52. The highest BCUT2D eigenvalue weighted by Gasteiger charge is 2.22. The molecular weight excluding hydrogens is 447 g/mol. The second-order valence-electron chi connectivity index (χ2n) is 8.48. The molecule has 0 aliphatic heterocycles. The Bertz CT molecular complexity index is 1510. The Balaban J connectivity index is 1.60. The van der Waals surface area contributed by atoms with Crippen LogP contribution in [-0.4, -0.2) is 19.4 Å². The third-order valence-electron chi connectivity index (χ3n) is 6.34. The van der Waals surface area contributed by atoms with Crippen LogP contribution in [0, 0.1) is 35.4 Å². The van der Waals surface area contributed by atoms with Crippen LogP contribution in [0.3, 0.4) is 0 Å². The van der Waals surface area contributed by atoms with E-state index in [9.17, 15) is 14.9 Å². The van der Waals surface area contributed by atoms with Crippen molar-refractivity contribution in [3.8, 4) is 23.3 Å². The molecular formula is C26H21FN6S. The largest absolute Gasteiger partial charge is 0.266 e. The summed E-state index contributed by atoms with van der Waals surface area (Å²) in [6, 6.07) is 10.7. The van der Waals surface area contributed by atoms with E-state index < -0.39 is 5.82 Å². The summed E-state index contributed by atoms with van der Waals surface area (Å²) >= 11 is 1.32. The van der Waals surface area contributed by atoms with Gasteiger partial charge in [0.05, 0.1) is 35.1 Å². The lowest BCUT2D eigenvalue weighted by atomic mass is 9.92. The van der Waals surface area contributed by atoms with Crippen LogP contribution >= 0.6 is 11.8 Å². The molecule has 0 unspecified atom stereocenters. The first-order valence-electron chi connectivity index (χ1n) is 11.0. The predicted octanol–water partition coefficient (Wildman–Crippen LogP) is 6.21. The number of nitrogens with zero attached hydrogens (tertiary/aromatic N) is 6. The predicted molar refractivity (Wildman–Crippen MR) is 128 cm³/mol. The molecule has 34 heavy (non-hydrogen) atoms. The number of hydrogen-bond donors (Lipinski definition) is 0. The molecule has 0 radical (unpaired) electrons. The zero-order chi connectivity index (χ0) is 23.8. The second kappa shape index (κ2) is 8.81. The Morgan fingerprint density at radius 1 is 1.06 bits per heavy atom. The van der Waals surface area contributed by atoms with Crippen molar-refractivity contribution >= 4 is 17.3 Å². The normalized spacial score (nSPS) is 14.3. The Morgan fingerprint density at radius 3 is 2.56 bits per heavy atom. The molecule has 0 bridgehead atoms. The van der Waals surface area contributed by atoms with Crippen molar-refractivity contribution < 1.29 is 4.39 Å². The lowest BCUT2D eigenvalue weighted by Gasteiger charge is -2.25. The van der Waals surface area contributed by atoms with Crippen LogP contribution in [-0.2, 0) is 0 Å². The van der Waals surface area contributed by atoms with E-state index in [4.69, 9.17) is 5.10 Å². The third-order valence-corrected chi connectivity index (χ3v) is 7.45. The number of pyridine rings is 1. The highest BCUT2D eigenvalue weighted by molar-refractivity contribution is 7.99. The first-order chi connectivity index (χ1) is 16.5.